The summed E-state index contributed by atoms with van der Waals surface area (Å²) in [7, 11) is 0. The number of carbonyl (C=O) groups excluding carboxylic acids is 1. The summed E-state index contributed by atoms with van der Waals surface area (Å²) in [5.74, 6) is -0.613. The van der Waals surface area contributed by atoms with E-state index in [0.717, 1.165) is 0 Å². The van der Waals surface area contributed by atoms with Crippen molar-refractivity contribution >= 4 is 17.2 Å². The number of hydrogen-bond donors (Lipinski definition) is 1. The SMILES string of the molecule is O=Cc1cc(Cn2c(=O)[nH]c(=O)c3ccccc32)ccc1F. The van der Waals surface area contributed by atoms with Crippen LogP contribution in [0.5, 0.6) is 0 Å². The predicted molar refractivity (Wildman–Crippen MR) is 79.7 cm³/mol. The molecule has 1 aromatic heterocycles. The fourth-order valence-electron chi connectivity index (χ4n) is 2.36. The molecule has 22 heavy (non-hydrogen) atoms. The molecule has 0 amide bonds. The van der Waals surface area contributed by atoms with Crippen LogP contribution in [0.25, 0.3) is 10.9 Å². The van der Waals surface area contributed by atoms with Crippen LogP contribution in [0.1, 0.15) is 15.9 Å². The molecule has 3 aromatic rings. The zero-order chi connectivity index (χ0) is 15.7. The predicted octanol–water partition coefficient (Wildman–Crippen LogP) is 1.69. The number of fused-ring (bicyclic) bond motifs is 1. The van der Waals surface area contributed by atoms with Crippen LogP contribution >= 0.6 is 0 Å². The number of nitrogens with zero attached hydrogens (tertiary/aromatic N) is 1. The van der Waals surface area contributed by atoms with E-state index in [9.17, 15) is 18.8 Å². The molecule has 0 aliphatic carbocycles. The average molecular weight is 298 g/mol. The zero-order valence-corrected chi connectivity index (χ0v) is 11.4. The quantitative estimate of drug-likeness (QED) is 0.748. The third kappa shape index (κ3) is 2.35. The molecule has 0 atom stereocenters. The molecule has 0 spiro atoms. The Morgan fingerprint density at radius 2 is 1.91 bits per heavy atom. The number of nitrogens with one attached hydrogen (secondary N) is 1. The molecule has 0 saturated carbocycles. The number of benzene rings is 2. The number of aldehydes is 1. The molecule has 1 heterocycles. The summed E-state index contributed by atoms with van der Waals surface area (Å²) in [5, 5.41) is 0.389. The minimum atomic E-state index is -0.613. The summed E-state index contributed by atoms with van der Waals surface area (Å²) < 4.78 is 14.7. The fraction of sp³-hybridized carbons (Fsp3) is 0.0625. The van der Waals surface area contributed by atoms with Gasteiger partial charge in [0.2, 0.25) is 0 Å². The van der Waals surface area contributed by atoms with Gasteiger partial charge in [-0.25, -0.2) is 9.18 Å². The number of aromatic nitrogens is 2. The molecule has 1 N–H and O–H groups in total. The Balaban J connectivity index is 2.17. The van der Waals surface area contributed by atoms with E-state index in [4.69, 9.17) is 0 Å². The lowest BCUT2D eigenvalue weighted by Gasteiger charge is -2.10. The molecular formula is C16H11FN2O3. The summed E-state index contributed by atoms with van der Waals surface area (Å²) in [6, 6.07) is 10.8. The highest BCUT2D eigenvalue weighted by Crippen LogP contribution is 2.12. The van der Waals surface area contributed by atoms with Crippen LogP contribution in [0.3, 0.4) is 0 Å². The summed E-state index contributed by atoms with van der Waals surface area (Å²) in [4.78, 5) is 36.9. The molecule has 0 aliphatic rings. The van der Waals surface area contributed by atoms with Crippen molar-refractivity contribution in [1.82, 2.24) is 9.55 Å². The van der Waals surface area contributed by atoms with Crippen molar-refractivity contribution in [2.75, 3.05) is 0 Å². The van der Waals surface area contributed by atoms with Gasteiger partial charge in [0.05, 0.1) is 23.0 Å². The van der Waals surface area contributed by atoms with E-state index in [1.165, 1.54) is 22.8 Å². The second-order valence-corrected chi connectivity index (χ2v) is 4.84. The topological polar surface area (TPSA) is 71.9 Å². The standard InChI is InChI=1S/C16H11FN2O3/c17-13-6-5-10(7-11(13)9-20)8-19-14-4-2-1-3-12(14)15(21)18-16(19)22/h1-7,9H,8H2,(H,18,21,22). The third-order valence-electron chi connectivity index (χ3n) is 3.43. The molecule has 0 radical (unpaired) electrons. The highest BCUT2D eigenvalue weighted by atomic mass is 19.1. The molecule has 3 rings (SSSR count). The van der Waals surface area contributed by atoms with Crippen molar-refractivity contribution in [3.8, 4) is 0 Å². The Hall–Kier alpha value is -3.02. The highest BCUT2D eigenvalue weighted by Gasteiger charge is 2.09. The Morgan fingerprint density at radius 1 is 1.14 bits per heavy atom. The molecule has 6 heteroatoms. The van der Waals surface area contributed by atoms with Gasteiger partial charge in [-0.3, -0.25) is 19.1 Å². The van der Waals surface area contributed by atoms with Crippen LogP contribution in [0.15, 0.2) is 52.1 Å². The van der Waals surface area contributed by atoms with E-state index in [1.54, 1.807) is 24.3 Å². The van der Waals surface area contributed by atoms with Crippen molar-refractivity contribution in [3.05, 3.63) is 80.2 Å². The zero-order valence-electron chi connectivity index (χ0n) is 11.4. The molecule has 5 nitrogen and oxygen atoms in total. The minimum Gasteiger partial charge on any atom is -0.298 e. The van der Waals surface area contributed by atoms with Gasteiger partial charge in [0.1, 0.15) is 5.82 Å². The lowest BCUT2D eigenvalue weighted by atomic mass is 10.1. The first-order valence-corrected chi connectivity index (χ1v) is 6.55. The van der Waals surface area contributed by atoms with Crippen LogP contribution < -0.4 is 11.2 Å². The summed E-state index contributed by atoms with van der Waals surface area (Å²) in [6.45, 7) is 0.122. The average Bonchev–Trinajstić information content (AvgIpc) is 2.53. The van der Waals surface area contributed by atoms with Gasteiger partial charge < -0.3 is 0 Å². The van der Waals surface area contributed by atoms with Gasteiger partial charge in [0.25, 0.3) is 5.56 Å². The first-order chi connectivity index (χ1) is 10.6. The van der Waals surface area contributed by atoms with Crippen LogP contribution in [-0.4, -0.2) is 15.8 Å². The lowest BCUT2D eigenvalue weighted by molar-refractivity contribution is 0.111. The van der Waals surface area contributed by atoms with Gasteiger partial charge in [0, 0.05) is 0 Å². The van der Waals surface area contributed by atoms with Crippen LogP contribution in [0, 0.1) is 5.82 Å². The minimum absolute atomic E-state index is 0.0701. The maximum absolute atomic E-state index is 13.3. The maximum Gasteiger partial charge on any atom is 0.329 e. The van der Waals surface area contributed by atoms with E-state index in [0.29, 0.717) is 22.8 Å². The normalized spacial score (nSPS) is 10.8. The first-order valence-electron chi connectivity index (χ1n) is 6.55. The van der Waals surface area contributed by atoms with E-state index < -0.39 is 17.1 Å². The molecule has 110 valence electrons. The van der Waals surface area contributed by atoms with Gasteiger partial charge in [0.15, 0.2) is 6.29 Å². The van der Waals surface area contributed by atoms with Crippen molar-refractivity contribution in [2.24, 2.45) is 0 Å². The van der Waals surface area contributed by atoms with E-state index >= 15 is 0 Å². The first kappa shape index (κ1) is 13.9. The molecule has 0 aliphatic heterocycles. The number of carbonyl (C=O) groups is 1. The van der Waals surface area contributed by atoms with Crippen LogP contribution in [-0.2, 0) is 6.54 Å². The molecule has 0 fully saturated rings. The van der Waals surface area contributed by atoms with Crippen molar-refractivity contribution in [2.45, 2.75) is 6.54 Å². The molecule has 0 saturated heterocycles. The van der Waals surface area contributed by atoms with E-state index in [1.807, 2.05) is 0 Å². The second kappa shape index (κ2) is 5.40. The fourth-order valence-corrected chi connectivity index (χ4v) is 2.36. The monoisotopic (exact) mass is 298 g/mol. The van der Waals surface area contributed by atoms with Gasteiger partial charge in [-0.1, -0.05) is 18.2 Å². The number of hydrogen-bond acceptors (Lipinski definition) is 3. The Bertz CT molecular complexity index is 989. The molecule has 0 bridgehead atoms. The van der Waals surface area contributed by atoms with Crippen molar-refractivity contribution < 1.29 is 9.18 Å². The summed E-state index contributed by atoms with van der Waals surface area (Å²) in [5.41, 5.74) is -0.0134. The van der Waals surface area contributed by atoms with Crippen LogP contribution in [0.4, 0.5) is 4.39 Å². The Kier molecular flexibility index (Phi) is 3.42. The van der Waals surface area contributed by atoms with Gasteiger partial charge in [-0.2, -0.15) is 0 Å². The van der Waals surface area contributed by atoms with Gasteiger partial charge in [-0.05, 0) is 29.8 Å². The second-order valence-electron chi connectivity index (χ2n) is 4.84. The smallest absolute Gasteiger partial charge is 0.298 e. The molecule has 0 unspecified atom stereocenters. The number of para-hydroxylation sites is 1. The van der Waals surface area contributed by atoms with Crippen LogP contribution in [0.2, 0.25) is 0 Å². The van der Waals surface area contributed by atoms with E-state index in [-0.39, 0.29) is 12.1 Å². The summed E-state index contributed by atoms with van der Waals surface area (Å²) >= 11 is 0. The number of H-pyrrole nitrogens is 1. The Morgan fingerprint density at radius 3 is 2.68 bits per heavy atom. The highest BCUT2D eigenvalue weighted by molar-refractivity contribution is 5.78. The third-order valence-corrected chi connectivity index (χ3v) is 3.43. The Labute approximate surface area is 123 Å². The van der Waals surface area contributed by atoms with Gasteiger partial charge in [-0.15, -0.1) is 0 Å². The maximum atomic E-state index is 13.3. The number of aromatic amines is 1. The molecule has 2 aromatic carbocycles. The lowest BCUT2D eigenvalue weighted by Crippen LogP contribution is -2.30. The van der Waals surface area contributed by atoms with E-state index in [2.05, 4.69) is 4.98 Å². The summed E-state index contributed by atoms with van der Waals surface area (Å²) in [6.07, 6.45) is 0.423. The number of halogens is 1. The van der Waals surface area contributed by atoms with Crippen molar-refractivity contribution in [1.29, 1.82) is 0 Å². The largest absolute Gasteiger partial charge is 0.329 e. The number of rotatable bonds is 3. The van der Waals surface area contributed by atoms with Crippen molar-refractivity contribution in [3.63, 3.8) is 0 Å². The van der Waals surface area contributed by atoms with Gasteiger partial charge >= 0.3 is 5.69 Å². The molecular weight excluding hydrogens is 287 g/mol.